The standard InChI is InChI=1S/C11H13N3O2S/c1-4-16-11(15)8-6(2)7-9(12-3)13-5-14-10(7)17-8/h5H,4H2,1-3H3,(H,12,13,14). The van der Waals surface area contributed by atoms with Gasteiger partial charge >= 0.3 is 5.97 Å². The summed E-state index contributed by atoms with van der Waals surface area (Å²) in [6, 6.07) is 0. The maximum atomic E-state index is 11.8. The molecule has 0 aliphatic heterocycles. The summed E-state index contributed by atoms with van der Waals surface area (Å²) in [6.07, 6.45) is 1.49. The van der Waals surface area contributed by atoms with Crippen LogP contribution in [0, 0.1) is 6.92 Å². The van der Waals surface area contributed by atoms with Crippen molar-refractivity contribution < 1.29 is 9.53 Å². The van der Waals surface area contributed by atoms with E-state index in [1.807, 2.05) is 6.92 Å². The van der Waals surface area contributed by atoms with Crippen LogP contribution in [0.2, 0.25) is 0 Å². The van der Waals surface area contributed by atoms with Gasteiger partial charge in [0.2, 0.25) is 0 Å². The zero-order chi connectivity index (χ0) is 12.4. The lowest BCUT2D eigenvalue weighted by atomic mass is 10.2. The summed E-state index contributed by atoms with van der Waals surface area (Å²) in [5.74, 6) is 0.439. The average molecular weight is 251 g/mol. The van der Waals surface area contributed by atoms with E-state index in [0.717, 1.165) is 21.6 Å². The molecule has 0 bridgehead atoms. The van der Waals surface area contributed by atoms with Crippen molar-refractivity contribution in [2.24, 2.45) is 0 Å². The number of rotatable bonds is 3. The fraction of sp³-hybridized carbons (Fsp3) is 0.364. The highest BCUT2D eigenvalue weighted by atomic mass is 32.1. The summed E-state index contributed by atoms with van der Waals surface area (Å²) in [6.45, 7) is 4.05. The zero-order valence-electron chi connectivity index (χ0n) is 9.90. The van der Waals surface area contributed by atoms with Gasteiger partial charge in [0.05, 0.1) is 12.0 Å². The van der Waals surface area contributed by atoms with Gasteiger partial charge in [0.15, 0.2) is 0 Å². The SMILES string of the molecule is CCOC(=O)c1sc2ncnc(NC)c2c1C. The molecule has 0 saturated carbocycles. The highest BCUT2D eigenvalue weighted by molar-refractivity contribution is 7.20. The predicted octanol–water partition coefficient (Wildman–Crippen LogP) is 2.22. The number of hydrogen-bond acceptors (Lipinski definition) is 6. The van der Waals surface area contributed by atoms with E-state index in [1.165, 1.54) is 17.7 Å². The molecule has 90 valence electrons. The highest BCUT2D eigenvalue weighted by Gasteiger charge is 2.19. The van der Waals surface area contributed by atoms with Crippen LogP contribution in [0.4, 0.5) is 5.82 Å². The van der Waals surface area contributed by atoms with E-state index in [2.05, 4.69) is 15.3 Å². The number of aryl methyl sites for hydroxylation is 1. The first kappa shape index (κ1) is 11.8. The number of anilines is 1. The first-order valence-corrected chi connectivity index (χ1v) is 6.09. The summed E-state index contributed by atoms with van der Waals surface area (Å²) in [4.78, 5) is 21.5. The van der Waals surface area contributed by atoms with Crippen LogP contribution in [-0.4, -0.2) is 29.6 Å². The monoisotopic (exact) mass is 251 g/mol. The fourth-order valence-electron chi connectivity index (χ4n) is 1.65. The molecule has 0 aliphatic carbocycles. The second kappa shape index (κ2) is 4.67. The number of hydrogen-bond donors (Lipinski definition) is 1. The van der Waals surface area contributed by atoms with E-state index in [0.29, 0.717) is 11.5 Å². The molecule has 0 saturated heterocycles. The van der Waals surface area contributed by atoms with Gasteiger partial charge in [-0.3, -0.25) is 0 Å². The fourth-order valence-corrected chi connectivity index (χ4v) is 2.69. The Kier molecular flexibility index (Phi) is 3.23. The Morgan fingerprint density at radius 3 is 2.94 bits per heavy atom. The molecule has 0 unspecified atom stereocenters. The number of aromatic nitrogens is 2. The Labute approximate surface area is 103 Å². The van der Waals surface area contributed by atoms with Crippen molar-refractivity contribution in [3.63, 3.8) is 0 Å². The minimum atomic E-state index is -0.296. The number of ether oxygens (including phenoxy) is 1. The molecule has 5 nitrogen and oxygen atoms in total. The van der Waals surface area contributed by atoms with E-state index in [4.69, 9.17) is 4.74 Å². The van der Waals surface area contributed by atoms with Crippen LogP contribution >= 0.6 is 11.3 Å². The van der Waals surface area contributed by atoms with Gasteiger partial charge in [-0.1, -0.05) is 0 Å². The first-order valence-electron chi connectivity index (χ1n) is 5.28. The Morgan fingerprint density at radius 2 is 2.29 bits per heavy atom. The molecule has 0 spiro atoms. The van der Waals surface area contributed by atoms with Crippen molar-refractivity contribution in [3.8, 4) is 0 Å². The van der Waals surface area contributed by atoms with Gasteiger partial charge in [0.25, 0.3) is 0 Å². The summed E-state index contributed by atoms with van der Waals surface area (Å²) >= 11 is 1.34. The Balaban J connectivity index is 2.61. The van der Waals surface area contributed by atoms with Crippen molar-refractivity contribution >= 4 is 33.3 Å². The minimum Gasteiger partial charge on any atom is -0.462 e. The van der Waals surface area contributed by atoms with Crippen LogP contribution in [0.5, 0.6) is 0 Å². The van der Waals surface area contributed by atoms with Gasteiger partial charge in [-0.05, 0) is 19.4 Å². The maximum absolute atomic E-state index is 11.8. The zero-order valence-corrected chi connectivity index (χ0v) is 10.7. The van der Waals surface area contributed by atoms with Crippen molar-refractivity contribution in [1.82, 2.24) is 9.97 Å². The molecule has 2 rings (SSSR count). The molecule has 0 fully saturated rings. The van der Waals surface area contributed by atoms with E-state index < -0.39 is 0 Å². The van der Waals surface area contributed by atoms with E-state index >= 15 is 0 Å². The molecule has 0 aliphatic rings. The van der Waals surface area contributed by atoms with Gasteiger partial charge in [-0.15, -0.1) is 11.3 Å². The number of carbonyl (C=O) groups excluding carboxylic acids is 1. The lowest BCUT2D eigenvalue weighted by Gasteiger charge is -2.01. The third-order valence-electron chi connectivity index (χ3n) is 2.42. The van der Waals surface area contributed by atoms with Crippen LogP contribution in [0.1, 0.15) is 22.2 Å². The Hall–Kier alpha value is -1.69. The molecule has 0 aromatic carbocycles. The molecule has 17 heavy (non-hydrogen) atoms. The van der Waals surface area contributed by atoms with Crippen LogP contribution < -0.4 is 5.32 Å². The van der Waals surface area contributed by atoms with Gasteiger partial charge in [-0.25, -0.2) is 14.8 Å². The maximum Gasteiger partial charge on any atom is 0.348 e. The first-order chi connectivity index (χ1) is 8.19. The smallest absolute Gasteiger partial charge is 0.348 e. The summed E-state index contributed by atoms with van der Waals surface area (Å²) in [7, 11) is 1.79. The van der Waals surface area contributed by atoms with E-state index in [-0.39, 0.29) is 5.97 Å². The molecule has 1 N–H and O–H groups in total. The largest absolute Gasteiger partial charge is 0.462 e. The van der Waals surface area contributed by atoms with Crippen LogP contribution in [-0.2, 0) is 4.74 Å². The van der Waals surface area contributed by atoms with Gasteiger partial charge < -0.3 is 10.1 Å². The molecule has 2 aromatic heterocycles. The predicted molar refractivity (Wildman–Crippen MR) is 67.7 cm³/mol. The normalized spacial score (nSPS) is 10.5. The topological polar surface area (TPSA) is 64.1 Å². The number of esters is 1. The second-order valence-electron chi connectivity index (χ2n) is 3.43. The summed E-state index contributed by atoms with van der Waals surface area (Å²) < 4.78 is 5.01. The number of thiophene rings is 1. The van der Waals surface area contributed by atoms with Gasteiger partial charge in [0.1, 0.15) is 21.9 Å². The van der Waals surface area contributed by atoms with Crippen molar-refractivity contribution in [1.29, 1.82) is 0 Å². The Bertz CT molecular complexity index is 565. The third kappa shape index (κ3) is 1.95. The van der Waals surface area contributed by atoms with Crippen molar-refractivity contribution in [2.45, 2.75) is 13.8 Å². The third-order valence-corrected chi connectivity index (χ3v) is 3.60. The van der Waals surface area contributed by atoms with Crippen molar-refractivity contribution in [3.05, 3.63) is 16.8 Å². The molecule has 2 aromatic rings. The second-order valence-corrected chi connectivity index (χ2v) is 4.43. The van der Waals surface area contributed by atoms with Gasteiger partial charge in [-0.2, -0.15) is 0 Å². The molecule has 0 atom stereocenters. The van der Waals surface area contributed by atoms with Gasteiger partial charge in [0, 0.05) is 7.05 Å². The molecular weight excluding hydrogens is 238 g/mol. The molecule has 0 radical (unpaired) electrons. The number of carbonyl (C=O) groups is 1. The van der Waals surface area contributed by atoms with Crippen LogP contribution in [0.3, 0.4) is 0 Å². The lowest BCUT2D eigenvalue weighted by molar-refractivity contribution is 0.0531. The van der Waals surface area contributed by atoms with E-state index in [1.54, 1.807) is 14.0 Å². The van der Waals surface area contributed by atoms with Crippen molar-refractivity contribution in [2.75, 3.05) is 19.0 Å². The number of nitrogens with zero attached hydrogens (tertiary/aromatic N) is 2. The van der Waals surface area contributed by atoms with Crippen LogP contribution in [0.15, 0.2) is 6.33 Å². The Morgan fingerprint density at radius 1 is 1.53 bits per heavy atom. The minimum absolute atomic E-state index is 0.296. The lowest BCUT2D eigenvalue weighted by Crippen LogP contribution is -2.03. The molecule has 0 amide bonds. The number of fused-ring (bicyclic) bond motifs is 1. The quantitative estimate of drug-likeness (QED) is 0.847. The van der Waals surface area contributed by atoms with E-state index in [9.17, 15) is 4.79 Å². The van der Waals surface area contributed by atoms with Crippen LogP contribution in [0.25, 0.3) is 10.2 Å². The summed E-state index contributed by atoms with van der Waals surface area (Å²) in [5, 5.41) is 3.89. The molecule has 2 heterocycles. The summed E-state index contributed by atoms with van der Waals surface area (Å²) in [5.41, 5.74) is 0.869. The highest BCUT2D eigenvalue weighted by Crippen LogP contribution is 2.33. The molecular formula is C11H13N3O2S. The number of nitrogens with one attached hydrogen (secondary N) is 1. The molecule has 6 heteroatoms. The average Bonchev–Trinajstić information content (AvgIpc) is 2.67.